The van der Waals surface area contributed by atoms with Crippen LogP contribution in [0.3, 0.4) is 0 Å². The van der Waals surface area contributed by atoms with Gasteiger partial charge in [-0.3, -0.25) is 4.68 Å². The Morgan fingerprint density at radius 3 is 2.41 bits per heavy atom. The highest BCUT2D eigenvalue weighted by Gasteiger charge is 2.21. The van der Waals surface area contributed by atoms with Crippen molar-refractivity contribution in [3.63, 3.8) is 0 Å². The molecule has 1 heterocycles. The van der Waals surface area contributed by atoms with E-state index in [2.05, 4.69) is 26.2 Å². The Labute approximate surface area is 105 Å². The molecule has 0 bridgehead atoms. The molecule has 7 heteroatoms. The topological polar surface area (TPSA) is 56.7 Å². The minimum Gasteiger partial charge on any atom is -0.319 e. The SMILES string of the molecule is Cn1nncc1C(N)c1c(F)cc(Br)cc1F. The number of hydrogen-bond donors (Lipinski definition) is 1. The molecule has 17 heavy (non-hydrogen) atoms. The Hall–Kier alpha value is -1.34. The predicted molar refractivity (Wildman–Crippen MR) is 61.1 cm³/mol. The van der Waals surface area contributed by atoms with E-state index in [-0.39, 0.29) is 5.56 Å². The molecule has 4 nitrogen and oxygen atoms in total. The molecule has 2 rings (SSSR count). The lowest BCUT2D eigenvalue weighted by Gasteiger charge is -2.13. The highest BCUT2D eigenvalue weighted by molar-refractivity contribution is 9.10. The van der Waals surface area contributed by atoms with Crippen LogP contribution in [0.5, 0.6) is 0 Å². The quantitative estimate of drug-likeness (QED) is 0.922. The van der Waals surface area contributed by atoms with E-state index in [0.29, 0.717) is 10.2 Å². The Morgan fingerprint density at radius 1 is 1.35 bits per heavy atom. The third-order valence-corrected chi connectivity index (χ3v) is 2.88. The van der Waals surface area contributed by atoms with Gasteiger partial charge in [-0.1, -0.05) is 21.1 Å². The number of nitrogens with two attached hydrogens (primary N) is 1. The van der Waals surface area contributed by atoms with Crippen LogP contribution in [0.4, 0.5) is 8.78 Å². The average Bonchev–Trinajstić information content (AvgIpc) is 2.62. The lowest BCUT2D eigenvalue weighted by atomic mass is 10.0. The summed E-state index contributed by atoms with van der Waals surface area (Å²) in [7, 11) is 1.61. The highest BCUT2D eigenvalue weighted by Crippen LogP contribution is 2.26. The van der Waals surface area contributed by atoms with Crippen LogP contribution in [0.25, 0.3) is 0 Å². The maximum absolute atomic E-state index is 13.7. The number of hydrogen-bond acceptors (Lipinski definition) is 3. The fourth-order valence-corrected chi connectivity index (χ4v) is 1.98. The Kier molecular flexibility index (Phi) is 3.21. The van der Waals surface area contributed by atoms with Gasteiger partial charge in [-0.05, 0) is 12.1 Å². The van der Waals surface area contributed by atoms with Gasteiger partial charge in [-0.15, -0.1) is 5.10 Å². The molecule has 0 aliphatic rings. The average molecular weight is 303 g/mol. The molecule has 0 aliphatic carbocycles. The molecular weight excluding hydrogens is 294 g/mol. The molecular formula is C10H9BrF2N4. The molecule has 90 valence electrons. The lowest BCUT2D eigenvalue weighted by Crippen LogP contribution is -2.19. The molecule has 1 aromatic carbocycles. The maximum Gasteiger partial charge on any atom is 0.132 e. The summed E-state index contributed by atoms with van der Waals surface area (Å²) in [5, 5.41) is 7.30. The highest BCUT2D eigenvalue weighted by atomic mass is 79.9. The zero-order valence-electron chi connectivity index (χ0n) is 8.86. The van der Waals surface area contributed by atoms with Gasteiger partial charge in [0, 0.05) is 17.1 Å². The predicted octanol–water partition coefficient (Wildman–Crippen LogP) is 1.90. The summed E-state index contributed by atoms with van der Waals surface area (Å²) in [6.07, 6.45) is 1.38. The normalized spacial score (nSPS) is 12.8. The number of rotatable bonds is 2. The van der Waals surface area contributed by atoms with Gasteiger partial charge < -0.3 is 5.73 Å². The summed E-state index contributed by atoms with van der Waals surface area (Å²) in [4.78, 5) is 0. The summed E-state index contributed by atoms with van der Waals surface area (Å²) in [6, 6.07) is 1.40. The molecule has 0 saturated carbocycles. The third kappa shape index (κ3) is 2.20. The van der Waals surface area contributed by atoms with Crippen molar-refractivity contribution < 1.29 is 8.78 Å². The van der Waals surface area contributed by atoms with Crippen LogP contribution in [0.2, 0.25) is 0 Å². The van der Waals surface area contributed by atoms with Gasteiger partial charge >= 0.3 is 0 Å². The number of halogens is 3. The van der Waals surface area contributed by atoms with Crippen LogP contribution in [0.15, 0.2) is 22.8 Å². The van der Waals surface area contributed by atoms with Crippen LogP contribution >= 0.6 is 15.9 Å². The second-order valence-corrected chi connectivity index (χ2v) is 4.46. The van der Waals surface area contributed by atoms with Gasteiger partial charge in [0.05, 0.1) is 17.9 Å². The summed E-state index contributed by atoms with van der Waals surface area (Å²) < 4.78 is 29.1. The van der Waals surface area contributed by atoms with E-state index in [0.717, 1.165) is 0 Å². The van der Waals surface area contributed by atoms with Crippen LogP contribution < -0.4 is 5.73 Å². The zero-order valence-corrected chi connectivity index (χ0v) is 10.4. The monoisotopic (exact) mass is 302 g/mol. The third-order valence-electron chi connectivity index (χ3n) is 2.42. The van der Waals surface area contributed by atoms with E-state index in [1.807, 2.05) is 0 Å². The summed E-state index contributed by atoms with van der Waals surface area (Å²) >= 11 is 3.01. The smallest absolute Gasteiger partial charge is 0.132 e. The number of nitrogens with zero attached hydrogens (tertiary/aromatic N) is 3. The minimum absolute atomic E-state index is 0.196. The second-order valence-electron chi connectivity index (χ2n) is 3.54. The summed E-state index contributed by atoms with van der Waals surface area (Å²) in [5.41, 5.74) is 6.06. The first-order valence-electron chi connectivity index (χ1n) is 4.75. The van der Waals surface area contributed by atoms with E-state index >= 15 is 0 Å². The molecule has 0 amide bonds. The summed E-state index contributed by atoms with van der Waals surface area (Å²) in [6.45, 7) is 0. The van der Waals surface area contributed by atoms with E-state index in [1.54, 1.807) is 7.05 Å². The van der Waals surface area contributed by atoms with Gasteiger partial charge in [0.25, 0.3) is 0 Å². The number of benzene rings is 1. The Balaban J connectivity index is 2.51. The maximum atomic E-state index is 13.7. The van der Waals surface area contributed by atoms with Crippen molar-refractivity contribution in [2.75, 3.05) is 0 Å². The van der Waals surface area contributed by atoms with Crippen molar-refractivity contribution >= 4 is 15.9 Å². The minimum atomic E-state index is -0.942. The molecule has 2 N–H and O–H groups in total. The fraction of sp³-hybridized carbons (Fsp3) is 0.200. The van der Waals surface area contributed by atoms with Crippen molar-refractivity contribution in [1.29, 1.82) is 0 Å². The first-order chi connectivity index (χ1) is 8.00. The molecule has 0 radical (unpaired) electrons. The molecule has 1 atom stereocenters. The van der Waals surface area contributed by atoms with Crippen LogP contribution in [-0.2, 0) is 7.05 Å². The van der Waals surface area contributed by atoms with Crippen LogP contribution in [0, 0.1) is 11.6 Å². The standard InChI is InChI=1S/C10H9BrF2N4/c1-17-8(4-15-16-17)10(14)9-6(12)2-5(11)3-7(9)13/h2-4,10H,14H2,1H3. The lowest BCUT2D eigenvalue weighted by molar-refractivity contribution is 0.531. The molecule has 0 aliphatic heterocycles. The van der Waals surface area contributed by atoms with E-state index in [9.17, 15) is 8.78 Å². The van der Waals surface area contributed by atoms with Gasteiger partial charge in [-0.25, -0.2) is 8.78 Å². The molecule has 1 aromatic heterocycles. The van der Waals surface area contributed by atoms with Crippen molar-refractivity contribution in [2.24, 2.45) is 12.8 Å². The molecule has 0 saturated heterocycles. The zero-order chi connectivity index (χ0) is 12.6. The van der Waals surface area contributed by atoms with Gasteiger partial charge in [0.2, 0.25) is 0 Å². The largest absolute Gasteiger partial charge is 0.319 e. The van der Waals surface area contributed by atoms with Crippen molar-refractivity contribution in [2.45, 2.75) is 6.04 Å². The number of aromatic nitrogens is 3. The van der Waals surface area contributed by atoms with E-state index in [1.165, 1.54) is 23.0 Å². The van der Waals surface area contributed by atoms with Gasteiger partial charge in [-0.2, -0.15) is 0 Å². The van der Waals surface area contributed by atoms with Crippen molar-refractivity contribution in [1.82, 2.24) is 15.0 Å². The van der Waals surface area contributed by atoms with E-state index in [4.69, 9.17) is 5.73 Å². The first-order valence-corrected chi connectivity index (χ1v) is 5.54. The molecule has 2 aromatic rings. The van der Waals surface area contributed by atoms with Gasteiger partial charge in [0.15, 0.2) is 0 Å². The molecule has 0 spiro atoms. The van der Waals surface area contributed by atoms with Crippen LogP contribution in [0.1, 0.15) is 17.3 Å². The first kappa shape index (κ1) is 12.1. The Bertz CT molecular complexity index is 532. The van der Waals surface area contributed by atoms with Crippen LogP contribution in [-0.4, -0.2) is 15.0 Å². The molecule has 1 unspecified atom stereocenters. The Morgan fingerprint density at radius 2 is 1.94 bits per heavy atom. The van der Waals surface area contributed by atoms with E-state index < -0.39 is 17.7 Å². The summed E-state index contributed by atoms with van der Waals surface area (Å²) in [5.74, 6) is -1.41. The van der Waals surface area contributed by atoms with Crippen molar-refractivity contribution in [3.8, 4) is 0 Å². The number of aryl methyl sites for hydroxylation is 1. The second kappa shape index (κ2) is 4.50. The van der Waals surface area contributed by atoms with Crippen molar-refractivity contribution in [3.05, 3.63) is 45.7 Å². The van der Waals surface area contributed by atoms with Gasteiger partial charge in [0.1, 0.15) is 11.6 Å². The fourth-order valence-electron chi connectivity index (χ4n) is 1.58. The molecule has 0 fully saturated rings.